The van der Waals surface area contributed by atoms with E-state index in [2.05, 4.69) is 15.9 Å². The van der Waals surface area contributed by atoms with Crippen LogP contribution in [0, 0.1) is 5.92 Å². The van der Waals surface area contributed by atoms with Gasteiger partial charge in [0.15, 0.2) is 0 Å². The predicted octanol–water partition coefficient (Wildman–Crippen LogP) is 3.26. The van der Waals surface area contributed by atoms with Crippen molar-refractivity contribution in [3.05, 3.63) is 28.2 Å². The van der Waals surface area contributed by atoms with Crippen LogP contribution in [0.25, 0.3) is 0 Å². The summed E-state index contributed by atoms with van der Waals surface area (Å²) < 4.78 is 6.54. The minimum atomic E-state index is -0.819. The molecule has 0 aliphatic heterocycles. The summed E-state index contributed by atoms with van der Waals surface area (Å²) in [5, 5.41) is 8.70. The molecule has 1 saturated carbocycles. The molecule has 0 unspecified atom stereocenters. The molecule has 0 atom stereocenters. The highest BCUT2D eigenvalue weighted by molar-refractivity contribution is 9.10. The summed E-state index contributed by atoms with van der Waals surface area (Å²) in [7, 11) is 0. The molecule has 1 aromatic carbocycles. The summed E-state index contributed by atoms with van der Waals surface area (Å²) >= 11 is 3.41. The molecular formula is C13H15BrO3. The second kappa shape index (κ2) is 5.54. The van der Waals surface area contributed by atoms with E-state index in [1.54, 1.807) is 6.07 Å². The van der Waals surface area contributed by atoms with E-state index in [0.29, 0.717) is 5.92 Å². The van der Waals surface area contributed by atoms with Gasteiger partial charge in [-0.05, 0) is 52.4 Å². The normalized spacial score (nSPS) is 15.4. The molecule has 0 saturated heterocycles. The highest BCUT2D eigenvalue weighted by Crippen LogP contribution is 2.30. The summed E-state index contributed by atoms with van der Waals surface area (Å²) in [6.07, 6.45) is 3.87. The van der Waals surface area contributed by atoms with Gasteiger partial charge < -0.3 is 9.84 Å². The quantitative estimate of drug-likeness (QED) is 0.907. The van der Waals surface area contributed by atoms with Crippen molar-refractivity contribution in [2.24, 2.45) is 5.92 Å². The standard InChI is InChI=1S/C13H15BrO3/c14-11-6-10(7-13(15)16)4-5-12(11)17-8-9-2-1-3-9/h4-6,9H,1-3,7-8H2,(H,15,16). The van der Waals surface area contributed by atoms with Gasteiger partial charge in [0.1, 0.15) is 5.75 Å². The summed E-state index contributed by atoms with van der Waals surface area (Å²) in [5.41, 5.74) is 0.778. The second-order valence-electron chi connectivity index (χ2n) is 4.44. The largest absolute Gasteiger partial charge is 0.492 e. The Bertz CT molecular complexity index is 413. The fraction of sp³-hybridized carbons (Fsp3) is 0.462. The van der Waals surface area contributed by atoms with E-state index in [1.165, 1.54) is 19.3 Å². The fourth-order valence-corrected chi connectivity index (χ4v) is 2.35. The number of halogens is 1. The van der Waals surface area contributed by atoms with E-state index >= 15 is 0 Å². The number of rotatable bonds is 5. The average Bonchev–Trinajstić information content (AvgIpc) is 2.17. The van der Waals surface area contributed by atoms with Crippen LogP contribution >= 0.6 is 15.9 Å². The monoisotopic (exact) mass is 298 g/mol. The van der Waals surface area contributed by atoms with Crippen LogP contribution in [-0.4, -0.2) is 17.7 Å². The lowest BCUT2D eigenvalue weighted by molar-refractivity contribution is -0.136. The Kier molecular flexibility index (Phi) is 4.05. The molecule has 0 heterocycles. The van der Waals surface area contributed by atoms with Gasteiger partial charge in [0.2, 0.25) is 0 Å². The third-order valence-corrected chi connectivity index (χ3v) is 3.67. The van der Waals surface area contributed by atoms with E-state index in [0.717, 1.165) is 22.4 Å². The van der Waals surface area contributed by atoms with E-state index in [1.807, 2.05) is 12.1 Å². The molecule has 1 aliphatic rings. The Balaban J connectivity index is 1.95. The number of carboxylic acid groups (broad SMARTS) is 1. The molecule has 0 aromatic heterocycles. The number of hydrogen-bond donors (Lipinski definition) is 1. The van der Waals surface area contributed by atoms with Gasteiger partial charge in [-0.25, -0.2) is 0 Å². The number of benzene rings is 1. The van der Waals surface area contributed by atoms with Crippen LogP contribution in [-0.2, 0) is 11.2 Å². The summed E-state index contributed by atoms with van der Waals surface area (Å²) in [4.78, 5) is 10.6. The van der Waals surface area contributed by atoms with E-state index in [-0.39, 0.29) is 6.42 Å². The molecule has 1 aromatic rings. The smallest absolute Gasteiger partial charge is 0.307 e. The van der Waals surface area contributed by atoms with Crippen LogP contribution in [0.1, 0.15) is 24.8 Å². The SMILES string of the molecule is O=C(O)Cc1ccc(OCC2CCC2)c(Br)c1. The minimum absolute atomic E-state index is 0.0432. The Morgan fingerprint density at radius 3 is 2.76 bits per heavy atom. The van der Waals surface area contributed by atoms with E-state index in [4.69, 9.17) is 9.84 Å². The fourth-order valence-electron chi connectivity index (χ4n) is 1.81. The lowest BCUT2D eigenvalue weighted by Gasteiger charge is -2.25. The Morgan fingerprint density at radius 2 is 2.24 bits per heavy atom. The van der Waals surface area contributed by atoms with Crippen LogP contribution in [0.15, 0.2) is 22.7 Å². The van der Waals surface area contributed by atoms with Crippen LogP contribution < -0.4 is 4.74 Å². The zero-order chi connectivity index (χ0) is 12.3. The molecule has 0 spiro atoms. The molecule has 1 N–H and O–H groups in total. The summed E-state index contributed by atoms with van der Waals surface area (Å²) in [6.45, 7) is 0.761. The maximum Gasteiger partial charge on any atom is 0.307 e. The van der Waals surface area contributed by atoms with Gasteiger partial charge in [-0.3, -0.25) is 4.79 Å². The summed E-state index contributed by atoms with van der Waals surface area (Å²) in [6, 6.07) is 5.44. The number of hydrogen-bond acceptors (Lipinski definition) is 2. The Labute approximate surface area is 109 Å². The number of carboxylic acids is 1. The van der Waals surface area contributed by atoms with Gasteiger partial charge in [0.25, 0.3) is 0 Å². The first-order valence-electron chi connectivity index (χ1n) is 5.78. The van der Waals surface area contributed by atoms with Gasteiger partial charge in [-0.1, -0.05) is 12.5 Å². The number of ether oxygens (including phenoxy) is 1. The van der Waals surface area contributed by atoms with Crippen molar-refractivity contribution >= 4 is 21.9 Å². The van der Waals surface area contributed by atoms with Crippen LogP contribution in [0.5, 0.6) is 5.75 Å². The van der Waals surface area contributed by atoms with Crippen molar-refractivity contribution in [1.82, 2.24) is 0 Å². The first kappa shape index (κ1) is 12.4. The maximum absolute atomic E-state index is 10.6. The Morgan fingerprint density at radius 1 is 1.47 bits per heavy atom. The highest BCUT2D eigenvalue weighted by atomic mass is 79.9. The molecule has 0 radical (unpaired) electrons. The topological polar surface area (TPSA) is 46.5 Å². The molecule has 1 aliphatic carbocycles. The number of carbonyl (C=O) groups is 1. The second-order valence-corrected chi connectivity index (χ2v) is 5.30. The zero-order valence-electron chi connectivity index (χ0n) is 9.49. The third kappa shape index (κ3) is 3.46. The molecule has 1 fully saturated rings. The number of aliphatic carboxylic acids is 1. The molecule has 4 heteroatoms. The molecule has 17 heavy (non-hydrogen) atoms. The van der Waals surface area contributed by atoms with Gasteiger partial charge in [-0.15, -0.1) is 0 Å². The predicted molar refractivity (Wildman–Crippen MR) is 68.3 cm³/mol. The van der Waals surface area contributed by atoms with E-state index < -0.39 is 5.97 Å². The first-order chi connectivity index (χ1) is 8.15. The molecule has 92 valence electrons. The van der Waals surface area contributed by atoms with Crippen molar-refractivity contribution in [2.75, 3.05) is 6.61 Å². The van der Waals surface area contributed by atoms with Gasteiger partial charge in [0.05, 0.1) is 17.5 Å². The molecule has 2 rings (SSSR count). The highest BCUT2D eigenvalue weighted by Gasteiger charge is 2.18. The van der Waals surface area contributed by atoms with Crippen molar-refractivity contribution < 1.29 is 14.6 Å². The van der Waals surface area contributed by atoms with Crippen molar-refractivity contribution in [1.29, 1.82) is 0 Å². The zero-order valence-corrected chi connectivity index (χ0v) is 11.1. The molecule has 0 amide bonds. The lowest BCUT2D eigenvalue weighted by atomic mass is 9.86. The van der Waals surface area contributed by atoms with Crippen LogP contribution in [0.4, 0.5) is 0 Å². The minimum Gasteiger partial charge on any atom is -0.492 e. The maximum atomic E-state index is 10.6. The van der Waals surface area contributed by atoms with Crippen LogP contribution in [0.2, 0.25) is 0 Å². The molecule has 0 bridgehead atoms. The lowest BCUT2D eigenvalue weighted by Crippen LogP contribution is -2.19. The average molecular weight is 299 g/mol. The van der Waals surface area contributed by atoms with E-state index in [9.17, 15) is 4.79 Å². The first-order valence-corrected chi connectivity index (χ1v) is 6.57. The van der Waals surface area contributed by atoms with Gasteiger partial charge in [-0.2, -0.15) is 0 Å². The molecule has 3 nitrogen and oxygen atoms in total. The molecular weight excluding hydrogens is 284 g/mol. The van der Waals surface area contributed by atoms with Crippen LogP contribution in [0.3, 0.4) is 0 Å². The third-order valence-electron chi connectivity index (χ3n) is 3.05. The summed E-state index contributed by atoms with van der Waals surface area (Å²) in [5.74, 6) is 0.673. The van der Waals surface area contributed by atoms with Crippen molar-refractivity contribution in [3.63, 3.8) is 0 Å². The van der Waals surface area contributed by atoms with Gasteiger partial charge in [0, 0.05) is 0 Å². The Hall–Kier alpha value is -1.03. The van der Waals surface area contributed by atoms with Crippen molar-refractivity contribution in [3.8, 4) is 5.75 Å². The van der Waals surface area contributed by atoms with Crippen molar-refractivity contribution in [2.45, 2.75) is 25.7 Å². The van der Waals surface area contributed by atoms with Gasteiger partial charge >= 0.3 is 5.97 Å².